The summed E-state index contributed by atoms with van der Waals surface area (Å²) in [4.78, 5) is 14.4. The molecule has 29 heavy (non-hydrogen) atoms. The first-order valence-corrected chi connectivity index (χ1v) is 9.86. The fraction of sp³-hybridized carbons (Fsp3) is 0.263. The van der Waals surface area contributed by atoms with E-state index in [0.29, 0.717) is 5.69 Å². The van der Waals surface area contributed by atoms with E-state index in [2.05, 4.69) is 10.6 Å². The molecule has 0 spiro atoms. The van der Waals surface area contributed by atoms with Gasteiger partial charge in [-0.1, -0.05) is 29.3 Å². The summed E-state index contributed by atoms with van der Waals surface area (Å²) in [6, 6.07) is 7.98. The molecule has 2 aromatic carbocycles. The van der Waals surface area contributed by atoms with Gasteiger partial charge in [0.1, 0.15) is 0 Å². The molecule has 1 amide bonds. The molecule has 0 aliphatic carbocycles. The topological polar surface area (TPSA) is 44.4 Å². The van der Waals surface area contributed by atoms with Crippen LogP contribution in [0.3, 0.4) is 0 Å². The molecule has 1 fully saturated rings. The maximum atomic E-state index is 13.2. The molecule has 0 saturated carbocycles. The Balaban J connectivity index is 1.82. The highest BCUT2D eigenvalue weighted by Crippen LogP contribution is 2.36. The summed E-state index contributed by atoms with van der Waals surface area (Å²) in [7, 11) is 0. The summed E-state index contributed by atoms with van der Waals surface area (Å²) < 4.78 is 39.5. The van der Waals surface area contributed by atoms with Crippen molar-refractivity contribution in [2.75, 3.05) is 23.3 Å². The Morgan fingerprint density at radius 3 is 2.45 bits per heavy atom. The third kappa shape index (κ3) is 5.12. The van der Waals surface area contributed by atoms with Gasteiger partial charge in [-0.15, -0.1) is 0 Å². The first kappa shape index (κ1) is 21.7. The number of alkyl halides is 3. The molecule has 1 saturated heterocycles. The first-order valence-electron chi connectivity index (χ1n) is 8.69. The van der Waals surface area contributed by atoms with Crippen LogP contribution in [-0.4, -0.2) is 24.1 Å². The van der Waals surface area contributed by atoms with Crippen molar-refractivity contribution in [2.45, 2.75) is 19.0 Å². The zero-order chi connectivity index (χ0) is 21.2. The maximum Gasteiger partial charge on any atom is 0.416 e. The van der Waals surface area contributed by atoms with Crippen molar-refractivity contribution in [1.29, 1.82) is 0 Å². The van der Waals surface area contributed by atoms with Gasteiger partial charge in [-0.05, 0) is 55.4 Å². The highest BCUT2D eigenvalue weighted by molar-refractivity contribution is 7.80. The molecule has 0 unspecified atom stereocenters. The van der Waals surface area contributed by atoms with Gasteiger partial charge in [-0.2, -0.15) is 13.2 Å². The fourth-order valence-corrected chi connectivity index (χ4v) is 3.64. The van der Waals surface area contributed by atoms with Crippen LogP contribution in [0.4, 0.5) is 24.5 Å². The summed E-state index contributed by atoms with van der Waals surface area (Å²) in [5, 5.41) is 5.26. The van der Waals surface area contributed by atoms with Crippen molar-refractivity contribution < 1.29 is 18.0 Å². The highest BCUT2D eigenvalue weighted by Gasteiger charge is 2.32. The zero-order valence-corrected chi connectivity index (χ0v) is 17.3. The third-order valence-corrected chi connectivity index (χ3v) is 5.47. The van der Waals surface area contributed by atoms with Crippen LogP contribution in [0.25, 0.3) is 0 Å². The number of nitrogens with zero attached hydrogens (tertiary/aromatic N) is 1. The molecule has 1 aliphatic rings. The van der Waals surface area contributed by atoms with Crippen LogP contribution >= 0.6 is 35.4 Å². The Morgan fingerprint density at radius 1 is 1.10 bits per heavy atom. The quantitative estimate of drug-likeness (QED) is 0.572. The second-order valence-electron chi connectivity index (χ2n) is 6.43. The molecule has 1 heterocycles. The van der Waals surface area contributed by atoms with Crippen LogP contribution in [-0.2, 0) is 6.18 Å². The second-order valence-corrected chi connectivity index (χ2v) is 7.63. The van der Waals surface area contributed by atoms with Gasteiger partial charge >= 0.3 is 6.18 Å². The molecular formula is C19H16Cl2F3N3OS. The average molecular weight is 462 g/mol. The van der Waals surface area contributed by atoms with E-state index in [1.807, 2.05) is 4.90 Å². The molecule has 0 atom stereocenters. The summed E-state index contributed by atoms with van der Waals surface area (Å²) in [5.41, 5.74) is 0.0548. The van der Waals surface area contributed by atoms with Crippen molar-refractivity contribution in [3.05, 3.63) is 57.6 Å². The number of carbonyl (C=O) groups excluding carboxylic acids is 1. The number of carbonyl (C=O) groups is 1. The Bertz CT molecular complexity index is 947. The van der Waals surface area contributed by atoms with Gasteiger partial charge in [0.25, 0.3) is 5.91 Å². The van der Waals surface area contributed by atoms with Crippen LogP contribution in [0, 0.1) is 0 Å². The van der Waals surface area contributed by atoms with Gasteiger partial charge in [0.15, 0.2) is 5.11 Å². The van der Waals surface area contributed by atoms with E-state index in [1.54, 1.807) is 6.07 Å². The van der Waals surface area contributed by atoms with Crippen LogP contribution in [0.2, 0.25) is 10.0 Å². The van der Waals surface area contributed by atoms with E-state index in [9.17, 15) is 18.0 Å². The van der Waals surface area contributed by atoms with Crippen LogP contribution in [0.1, 0.15) is 28.8 Å². The van der Waals surface area contributed by atoms with E-state index in [4.69, 9.17) is 35.4 Å². The normalized spacial score (nSPS) is 14.0. The molecule has 0 radical (unpaired) electrons. The van der Waals surface area contributed by atoms with Gasteiger partial charge < -0.3 is 10.2 Å². The fourth-order valence-electron chi connectivity index (χ4n) is 3.05. The Labute approximate surface area is 181 Å². The summed E-state index contributed by atoms with van der Waals surface area (Å²) in [6.07, 6.45) is -2.59. The van der Waals surface area contributed by atoms with Gasteiger partial charge in [-0.3, -0.25) is 10.1 Å². The molecule has 3 rings (SSSR count). The molecular weight excluding hydrogens is 446 g/mol. The smallest absolute Gasteiger partial charge is 0.370 e. The third-order valence-electron chi connectivity index (χ3n) is 4.44. The van der Waals surface area contributed by atoms with Crippen molar-refractivity contribution in [3.8, 4) is 0 Å². The standard InChI is InChI=1S/C19H16Cl2F3N3OS/c20-13-5-3-4-12(16(13)21)17(28)26-18(29)25-14-10-11(19(22,23)24)6-7-15(14)27-8-1-2-9-27/h3-7,10H,1-2,8-9H2,(H2,25,26,28,29). The van der Waals surface area contributed by atoms with Crippen molar-refractivity contribution in [3.63, 3.8) is 0 Å². The van der Waals surface area contributed by atoms with Crippen LogP contribution in [0.5, 0.6) is 0 Å². The molecule has 0 aromatic heterocycles. The van der Waals surface area contributed by atoms with E-state index in [1.165, 1.54) is 18.2 Å². The first-order chi connectivity index (χ1) is 13.7. The van der Waals surface area contributed by atoms with Gasteiger partial charge in [0, 0.05) is 13.1 Å². The number of amides is 1. The van der Waals surface area contributed by atoms with Crippen LogP contribution in [0.15, 0.2) is 36.4 Å². The number of benzene rings is 2. The molecule has 2 N–H and O–H groups in total. The second kappa shape index (κ2) is 8.77. The van der Waals surface area contributed by atoms with Gasteiger partial charge in [0.2, 0.25) is 0 Å². The SMILES string of the molecule is O=C(NC(=S)Nc1cc(C(F)(F)F)ccc1N1CCCC1)c1cccc(Cl)c1Cl. The lowest BCUT2D eigenvalue weighted by atomic mass is 10.1. The zero-order valence-electron chi connectivity index (χ0n) is 14.9. The summed E-state index contributed by atoms with van der Waals surface area (Å²) >= 11 is 17.1. The number of thiocarbonyl (C=S) groups is 1. The lowest BCUT2D eigenvalue weighted by Gasteiger charge is -2.23. The maximum absolute atomic E-state index is 13.2. The number of nitrogens with one attached hydrogen (secondary N) is 2. The number of halogens is 5. The van der Waals surface area contributed by atoms with Crippen molar-refractivity contribution >= 4 is 57.8 Å². The van der Waals surface area contributed by atoms with E-state index in [-0.39, 0.29) is 26.4 Å². The number of hydrogen-bond donors (Lipinski definition) is 2. The molecule has 4 nitrogen and oxygen atoms in total. The number of rotatable bonds is 3. The molecule has 2 aromatic rings. The van der Waals surface area contributed by atoms with Crippen molar-refractivity contribution in [2.24, 2.45) is 0 Å². The van der Waals surface area contributed by atoms with E-state index in [0.717, 1.165) is 38.1 Å². The Kier molecular flexibility index (Phi) is 6.55. The Hall–Kier alpha value is -2.03. The lowest BCUT2D eigenvalue weighted by Crippen LogP contribution is -2.35. The van der Waals surface area contributed by atoms with Gasteiger partial charge in [-0.25, -0.2) is 0 Å². The molecule has 1 aliphatic heterocycles. The number of anilines is 2. The van der Waals surface area contributed by atoms with E-state index < -0.39 is 17.6 Å². The number of hydrogen-bond acceptors (Lipinski definition) is 3. The average Bonchev–Trinajstić information content (AvgIpc) is 3.17. The molecule has 0 bridgehead atoms. The predicted molar refractivity (Wildman–Crippen MR) is 113 cm³/mol. The minimum Gasteiger partial charge on any atom is -0.370 e. The molecule has 10 heteroatoms. The van der Waals surface area contributed by atoms with Crippen LogP contribution < -0.4 is 15.5 Å². The minimum atomic E-state index is -4.50. The largest absolute Gasteiger partial charge is 0.416 e. The predicted octanol–water partition coefficient (Wildman–Crippen LogP) is 5.74. The monoisotopic (exact) mass is 461 g/mol. The summed E-state index contributed by atoms with van der Waals surface area (Å²) in [6.45, 7) is 1.47. The minimum absolute atomic E-state index is 0.0614. The highest BCUT2D eigenvalue weighted by atomic mass is 35.5. The van der Waals surface area contributed by atoms with E-state index >= 15 is 0 Å². The molecule has 154 valence electrons. The van der Waals surface area contributed by atoms with Gasteiger partial charge in [0.05, 0.1) is 32.5 Å². The summed E-state index contributed by atoms with van der Waals surface area (Å²) in [5.74, 6) is -0.621. The Morgan fingerprint density at radius 2 is 1.79 bits per heavy atom. The lowest BCUT2D eigenvalue weighted by molar-refractivity contribution is -0.137. The van der Waals surface area contributed by atoms with Crippen molar-refractivity contribution in [1.82, 2.24) is 5.32 Å².